The first-order chi connectivity index (χ1) is 10.8. The van der Waals surface area contributed by atoms with Gasteiger partial charge in [-0.3, -0.25) is 9.20 Å². The zero-order chi connectivity index (χ0) is 16.8. The molecule has 1 saturated carbocycles. The molecule has 1 aliphatic carbocycles. The van der Waals surface area contributed by atoms with Crippen LogP contribution in [0.4, 0.5) is 0 Å². The molecule has 1 amide bonds. The van der Waals surface area contributed by atoms with Crippen molar-refractivity contribution >= 4 is 23.3 Å². The molecule has 0 radical (unpaired) electrons. The Labute approximate surface area is 135 Å². The summed E-state index contributed by atoms with van der Waals surface area (Å²) in [7, 11) is 0. The van der Waals surface area contributed by atoms with Crippen molar-refractivity contribution in [1.82, 2.24) is 19.7 Å². The van der Waals surface area contributed by atoms with Gasteiger partial charge in [-0.1, -0.05) is 6.58 Å². The van der Waals surface area contributed by atoms with Crippen molar-refractivity contribution in [3.05, 3.63) is 36.1 Å². The van der Waals surface area contributed by atoms with E-state index in [1.807, 2.05) is 26.8 Å². The van der Waals surface area contributed by atoms with Gasteiger partial charge in [0.1, 0.15) is 6.33 Å². The number of nitrogens with zero attached hydrogens (tertiary/aromatic N) is 3. The second-order valence-corrected chi connectivity index (χ2v) is 6.69. The molecule has 0 saturated heterocycles. The molecule has 2 aromatic heterocycles. The molecule has 0 atom stereocenters. The van der Waals surface area contributed by atoms with Gasteiger partial charge in [0, 0.05) is 23.0 Å². The number of carbonyl (C=O) groups is 1. The van der Waals surface area contributed by atoms with Gasteiger partial charge in [-0.15, -0.1) is 0 Å². The maximum Gasteiger partial charge on any atom is 0.274 e. The molecule has 0 aromatic carbocycles. The van der Waals surface area contributed by atoms with Crippen molar-refractivity contribution in [2.75, 3.05) is 0 Å². The lowest BCUT2D eigenvalue weighted by atomic mass is 9.98. The minimum Gasteiger partial charge on any atom is -0.345 e. The molecule has 23 heavy (non-hydrogen) atoms. The van der Waals surface area contributed by atoms with E-state index in [1.165, 1.54) is 0 Å². The zero-order valence-electron chi connectivity index (χ0n) is 13.7. The predicted molar refractivity (Wildman–Crippen MR) is 89.8 cm³/mol. The molecule has 6 nitrogen and oxygen atoms in total. The Morgan fingerprint density at radius 2 is 2.22 bits per heavy atom. The smallest absolute Gasteiger partial charge is 0.274 e. The van der Waals surface area contributed by atoms with E-state index in [1.54, 1.807) is 10.7 Å². The molecule has 0 unspecified atom stereocenters. The van der Waals surface area contributed by atoms with Crippen molar-refractivity contribution in [2.45, 2.75) is 39.2 Å². The average molecular weight is 311 g/mol. The van der Waals surface area contributed by atoms with E-state index in [4.69, 9.17) is 5.41 Å². The SMILES string of the molecule is C=C(C=N)c1cc(C)n2cnc(C(=O)NC(C)(C)C3CC3)c2n1. The van der Waals surface area contributed by atoms with E-state index in [0.717, 1.165) is 24.8 Å². The Kier molecular flexibility index (Phi) is 3.55. The Balaban J connectivity index is 2.00. The maximum absolute atomic E-state index is 12.6. The zero-order valence-corrected chi connectivity index (χ0v) is 13.7. The summed E-state index contributed by atoms with van der Waals surface area (Å²) in [5.41, 5.74) is 2.54. The van der Waals surface area contributed by atoms with E-state index < -0.39 is 0 Å². The van der Waals surface area contributed by atoms with Crippen LogP contribution >= 0.6 is 0 Å². The minimum absolute atomic E-state index is 0.214. The Hall–Kier alpha value is -2.50. The molecule has 2 aromatic rings. The summed E-state index contributed by atoms with van der Waals surface area (Å²) < 4.78 is 1.78. The lowest BCUT2D eigenvalue weighted by Crippen LogP contribution is -2.45. The van der Waals surface area contributed by atoms with Crippen LogP contribution in [0.3, 0.4) is 0 Å². The van der Waals surface area contributed by atoms with E-state index in [-0.39, 0.29) is 11.4 Å². The van der Waals surface area contributed by atoms with Gasteiger partial charge < -0.3 is 10.7 Å². The first-order valence-electron chi connectivity index (χ1n) is 7.70. The number of fused-ring (bicyclic) bond motifs is 1. The third-order valence-corrected chi connectivity index (χ3v) is 4.45. The van der Waals surface area contributed by atoms with Crippen LogP contribution in [0.5, 0.6) is 0 Å². The van der Waals surface area contributed by atoms with Gasteiger partial charge in [0.2, 0.25) is 0 Å². The Bertz CT molecular complexity index is 814. The highest BCUT2D eigenvalue weighted by Crippen LogP contribution is 2.39. The normalized spacial score (nSPS) is 14.7. The van der Waals surface area contributed by atoms with Gasteiger partial charge in [-0.25, -0.2) is 9.97 Å². The molecule has 0 aliphatic heterocycles. The largest absolute Gasteiger partial charge is 0.345 e. The van der Waals surface area contributed by atoms with Crippen LogP contribution in [0.15, 0.2) is 19.0 Å². The fourth-order valence-corrected chi connectivity index (χ4v) is 2.78. The van der Waals surface area contributed by atoms with E-state index >= 15 is 0 Å². The van der Waals surface area contributed by atoms with E-state index in [0.29, 0.717) is 28.5 Å². The summed E-state index contributed by atoms with van der Waals surface area (Å²) in [6.45, 7) is 9.80. The average Bonchev–Trinajstić information content (AvgIpc) is 3.26. The number of hydrogen-bond donors (Lipinski definition) is 2. The van der Waals surface area contributed by atoms with Crippen LogP contribution < -0.4 is 5.32 Å². The number of amides is 1. The highest BCUT2D eigenvalue weighted by Gasteiger charge is 2.39. The third-order valence-electron chi connectivity index (χ3n) is 4.45. The molecule has 2 N–H and O–H groups in total. The molecule has 2 heterocycles. The first-order valence-corrected chi connectivity index (χ1v) is 7.70. The molecule has 3 rings (SSSR count). The molecule has 1 fully saturated rings. The molecule has 1 aliphatic rings. The van der Waals surface area contributed by atoms with Gasteiger partial charge in [0.25, 0.3) is 5.91 Å². The van der Waals surface area contributed by atoms with Gasteiger partial charge in [-0.05, 0) is 45.6 Å². The summed E-state index contributed by atoms with van der Waals surface area (Å²) in [6, 6.07) is 1.83. The molecule has 6 heteroatoms. The van der Waals surface area contributed by atoms with Crippen molar-refractivity contribution in [1.29, 1.82) is 5.41 Å². The lowest BCUT2D eigenvalue weighted by Gasteiger charge is -2.25. The molecule has 0 bridgehead atoms. The number of aryl methyl sites for hydroxylation is 1. The summed E-state index contributed by atoms with van der Waals surface area (Å²) in [5.74, 6) is 0.317. The molecule has 120 valence electrons. The summed E-state index contributed by atoms with van der Waals surface area (Å²) in [4.78, 5) is 21.4. The summed E-state index contributed by atoms with van der Waals surface area (Å²) in [6.07, 6.45) is 5.06. The number of carbonyl (C=O) groups excluding carboxylic acids is 1. The summed E-state index contributed by atoms with van der Waals surface area (Å²) in [5, 5.41) is 10.4. The lowest BCUT2D eigenvalue weighted by molar-refractivity contribution is 0.0900. The van der Waals surface area contributed by atoms with Crippen LogP contribution in [0.1, 0.15) is 48.6 Å². The standard InChI is InChI=1S/C17H21N5O/c1-10(8-18)13-7-11(2)22-9-19-14(15(22)20-13)16(23)21-17(3,4)12-5-6-12/h7-9,12,18H,1,5-6H2,2-4H3,(H,21,23). The second kappa shape index (κ2) is 5.30. The fourth-order valence-electron chi connectivity index (χ4n) is 2.78. The topological polar surface area (TPSA) is 83.1 Å². The number of nitrogens with one attached hydrogen (secondary N) is 2. The van der Waals surface area contributed by atoms with Crippen LogP contribution in [-0.2, 0) is 0 Å². The van der Waals surface area contributed by atoms with E-state index in [9.17, 15) is 4.79 Å². The van der Waals surface area contributed by atoms with Crippen LogP contribution in [0.25, 0.3) is 11.2 Å². The first kappa shape index (κ1) is 15.4. The minimum atomic E-state index is -0.238. The number of rotatable bonds is 5. The highest BCUT2D eigenvalue weighted by atomic mass is 16.2. The highest BCUT2D eigenvalue weighted by molar-refractivity contribution is 6.07. The third kappa shape index (κ3) is 2.76. The molecule has 0 spiro atoms. The van der Waals surface area contributed by atoms with Crippen LogP contribution in [-0.4, -0.2) is 32.0 Å². The van der Waals surface area contributed by atoms with Crippen LogP contribution in [0.2, 0.25) is 0 Å². The quantitative estimate of drug-likeness (QED) is 0.833. The Morgan fingerprint density at radius 3 is 2.83 bits per heavy atom. The molecular formula is C17H21N5O. The number of aromatic nitrogens is 3. The van der Waals surface area contributed by atoms with Gasteiger partial charge in [0.15, 0.2) is 11.3 Å². The fraction of sp³-hybridized carbons (Fsp3) is 0.412. The van der Waals surface area contributed by atoms with Crippen LogP contribution in [0, 0.1) is 18.3 Å². The van der Waals surface area contributed by atoms with Crippen molar-refractivity contribution in [2.24, 2.45) is 5.92 Å². The van der Waals surface area contributed by atoms with E-state index in [2.05, 4.69) is 21.9 Å². The maximum atomic E-state index is 12.6. The Morgan fingerprint density at radius 1 is 1.52 bits per heavy atom. The van der Waals surface area contributed by atoms with Gasteiger partial charge in [0.05, 0.1) is 5.69 Å². The van der Waals surface area contributed by atoms with Crippen molar-refractivity contribution in [3.8, 4) is 0 Å². The van der Waals surface area contributed by atoms with Gasteiger partial charge >= 0.3 is 0 Å². The molecular weight excluding hydrogens is 290 g/mol. The predicted octanol–water partition coefficient (Wildman–Crippen LogP) is 2.62. The number of allylic oxidation sites excluding steroid dienone is 1. The van der Waals surface area contributed by atoms with Gasteiger partial charge in [-0.2, -0.15) is 0 Å². The number of hydrogen-bond acceptors (Lipinski definition) is 4. The monoisotopic (exact) mass is 311 g/mol. The van der Waals surface area contributed by atoms with Crippen molar-refractivity contribution < 1.29 is 4.79 Å². The second-order valence-electron chi connectivity index (χ2n) is 6.69. The van der Waals surface area contributed by atoms with Crippen molar-refractivity contribution in [3.63, 3.8) is 0 Å². The summed E-state index contributed by atoms with van der Waals surface area (Å²) >= 11 is 0. The number of imidazole rings is 1.